The lowest BCUT2D eigenvalue weighted by molar-refractivity contribution is -0.137. The molecule has 2 N–H and O–H groups in total. The Kier molecular flexibility index (Phi) is 6.08. The van der Waals surface area contributed by atoms with Crippen LogP contribution in [0.25, 0.3) is 22.2 Å². The molecule has 35 heavy (non-hydrogen) atoms. The molecule has 8 nitrogen and oxygen atoms in total. The molecular formula is C24H21F3N6O2. The Morgan fingerprint density at radius 2 is 1.77 bits per heavy atom. The first kappa shape index (κ1) is 22.8. The molecule has 0 saturated carbocycles. The van der Waals surface area contributed by atoms with E-state index in [4.69, 9.17) is 4.74 Å². The van der Waals surface area contributed by atoms with Crippen molar-refractivity contribution in [3.63, 3.8) is 0 Å². The van der Waals surface area contributed by atoms with Crippen molar-refractivity contribution < 1.29 is 22.7 Å². The molecule has 0 atom stereocenters. The minimum Gasteiger partial charge on any atom is -0.378 e. The van der Waals surface area contributed by atoms with Crippen molar-refractivity contribution >= 4 is 22.6 Å². The third kappa shape index (κ3) is 4.94. The third-order valence-corrected chi connectivity index (χ3v) is 5.79. The maximum absolute atomic E-state index is 12.7. The summed E-state index contributed by atoms with van der Waals surface area (Å²) in [6.45, 7) is 3.00. The van der Waals surface area contributed by atoms with E-state index in [1.54, 1.807) is 12.4 Å². The second-order valence-electron chi connectivity index (χ2n) is 8.06. The summed E-state index contributed by atoms with van der Waals surface area (Å²) in [5, 5.41) is 3.54. The fourth-order valence-electron chi connectivity index (χ4n) is 3.88. The van der Waals surface area contributed by atoms with Crippen LogP contribution in [0.4, 0.5) is 18.9 Å². The number of carbonyl (C=O) groups excluding carboxylic acids is 1. The number of aromatic amines is 1. The number of carbonyl (C=O) groups is 1. The average Bonchev–Trinajstić information content (AvgIpc) is 3.31. The van der Waals surface area contributed by atoms with E-state index in [1.165, 1.54) is 12.1 Å². The highest BCUT2D eigenvalue weighted by Gasteiger charge is 2.29. The molecule has 1 aromatic carbocycles. The Balaban J connectivity index is 1.28. The minimum atomic E-state index is -4.40. The van der Waals surface area contributed by atoms with Gasteiger partial charge >= 0.3 is 6.18 Å². The summed E-state index contributed by atoms with van der Waals surface area (Å²) in [6, 6.07) is 6.66. The zero-order chi connectivity index (χ0) is 24.4. The van der Waals surface area contributed by atoms with Crippen molar-refractivity contribution in [2.75, 3.05) is 31.2 Å². The van der Waals surface area contributed by atoms with Gasteiger partial charge in [0.25, 0.3) is 5.91 Å². The molecule has 0 spiro atoms. The number of pyridine rings is 1. The Morgan fingerprint density at radius 3 is 2.46 bits per heavy atom. The predicted molar refractivity (Wildman–Crippen MR) is 123 cm³/mol. The molecule has 0 radical (unpaired) electrons. The molecule has 1 saturated heterocycles. The molecule has 4 heterocycles. The number of H-pyrrole nitrogens is 1. The number of alkyl halides is 3. The molecule has 1 amide bonds. The van der Waals surface area contributed by atoms with Gasteiger partial charge in [0.2, 0.25) is 5.82 Å². The second kappa shape index (κ2) is 9.34. The number of benzene rings is 1. The lowest BCUT2D eigenvalue weighted by Gasteiger charge is -2.28. The summed E-state index contributed by atoms with van der Waals surface area (Å²) in [6.07, 6.45) is 2.37. The largest absolute Gasteiger partial charge is 0.416 e. The van der Waals surface area contributed by atoms with Gasteiger partial charge < -0.3 is 19.9 Å². The normalized spacial score (nSPS) is 14.3. The van der Waals surface area contributed by atoms with Crippen LogP contribution in [0.15, 0.2) is 55.1 Å². The van der Waals surface area contributed by atoms with Crippen LogP contribution in [0.3, 0.4) is 0 Å². The molecule has 5 rings (SSSR count). The number of hydrogen-bond acceptors (Lipinski definition) is 6. The first-order valence-electron chi connectivity index (χ1n) is 10.9. The standard InChI is InChI=1S/C24H21F3N6O2/c25-24(26,27)17-3-1-15(2-4-17)10-32-23(34)22-28-11-16(12-29-22)20-14-31-21-19(20)9-18(13-30-21)33-5-7-35-8-6-33/h1-4,9,11-14H,5-8,10H2,(H,30,31)(H,32,34). The number of amides is 1. The average molecular weight is 482 g/mol. The maximum Gasteiger partial charge on any atom is 0.416 e. The van der Waals surface area contributed by atoms with E-state index in [0.717, 1.165) is 53.1 Å². The van der Waals surface area contributed by atoms with Crippen molar-refractivity contribution in [3.05, 3.63) is 72.1 Å². The van der Waals surface area contributed by atoms with E-state index in [2.05, 4.69) is 36.2 Å². The van der Waals surface area contributed by atoms with Crippen LogP contribution >= 0.6 is 0 Å². The van der Waals surface area contributed by atoms with Gasteiger partial charge in [-0.25, -0.2) is 15.0 Å². The molecule has 0 aliphatic carbocycles. The van der Waals surface area contributed by atoms with Crippen LogP contribution in [0, 0.1) is 0 Å². The molecule has 4 aromatic rings. The van der Waals surface area contributed by atoms with Gasteiger partial charge in [-0.15, -0.1) is 0 Å². The van der Waals surface area contributed by atoms with Crippen LogP contribution in [-0.4, -0.2) is 52.1 Å². The molecule has 180 valence electrons. The fourth-order valence-corrected chi connectivity index (χ4v) is 3.88. The number of fused-ring (bicyclic) bond motifs is 1. The summed E-state index contributed by atoms with van der Waals surface area (Å²) >= 11 is 0. The van der Waals surface area contributed by atoms with Gasteiger partial charge in [0.05, 0.1) is 30.7 Å². The van der Waals surface area contributed by atoms with Gasteiger partial charge in [0.1, 0.15) is 5.65 Å². The Morgan fingerprint density at radius 1 is 1.06 bits per heavy atom. The van der Waals surface area contributed by atoms with Crippen LogP contribution < -0.4 is 10.2 Å². The topological polar surface area (TPSA) is 96.0 Å². The summed E-state index contributed by atoms with van der Waals surface area (Å²) in [7, 11) is 0. The second-order valence-corrected chi connectivity index (χ2v) is 8.06. The number of nitrogens with one attached hydrogen (secondary N) is 2. The molecule has 1 aliphatic heterocycles. The third-order valence-electron chi connectivity index (χ3n) is 5.79. The van der Waals surface area contributed by atoms with E-state index < -0.39 is 17.6 Å². The van der Waals surface area contributed by atoms with Crippen molar-refractivity contribution in [3.8, 4) is 11.1 Å². The molecule has 1 aliphatic rings. The first-order valence-corrected chi connectivity index (χ1v) is 10.9. The fraction of sp³-hybridized carbons (Fsp3) is 0.250. The Bertz CT molecular complexity index is 1330. The zero-order valence-electron chi connectivity index (χ0n) is 18.5. The number of ether oxygens (including phenoxy) is 1. The number of hydrogen-bond donors (Lipinski definition) is 2. The predicted octanol–water partition coefficient (Wildman–Crippen LogP) is 3.81. The van der Waals surface area contributed by atoms with E-state index in [-0.39, 0.29) is 12.4 Å². The number of anilines is 1. The van der Waals surface area contributed by atoms with E-state index in [1.807, 2.05) is 12.4 Å². The van der Waals surface area contributed by atoms with E-state index in [9.17, 15) is 18.0 Å². The van der Waals surface area contributed by atoms with Crippen molar-refractivity contribution in [2.45, 2.75) is 12.7 Å². The van der Waals surface area contributed by atoms with Crippen LogP contribution in [0.1, 0.15) is 21.7 Å². The van der Waals surface area contributed by atoms with E-state index >= 15 is 0 Å². The smallest absolute Gasteiger partial charge is 0.378 e. The monoisotopic (exact) mass is 482 g/mol. The highest BCUT2D eigenvalue weighted by atomic mass is 19.4. The molecule has 0 bridgehead atoms. The minimum absolute atomic E-state index is 0.0346. The van der Waals surface area contributed by atoms with E-state index in [0.29, 0.717) is 18.8 Å². The number of aromatic nitrogens is 4. The molecule has 11 heteroatoms. The molecule has 3 aromatic heterocycles. The molecule has 1 fully saturated rings. The van der Waals surface area contributed by atoms with Gasteiger partial charge in [-0.3, -0.25) is 4.79 Å². The van der Waals surface area contributed by atoms with Crippen molar-refractivity contribution in [1.29, 1.82) is 0 Å². The van der Waals surface area contributed by atoms with Gasteiger partial charge in [0, 0.05) is 54.7 Å². The SMILES string of the molecule is O=C(NCc1ccc(C(F)(F)F)cc1)c1ncc(-c2c[nH]c3ncc(N4CCOCC4)cc23)cn1. The first-order chi connectivity index (χ1) is 16.9. The van der Waals surface area contributed by atoms with Crippen molar-refractivity contribution in [2.24, 2.45) is 0 Å². The number of morpholine rings is 1. The Hall–Kier alpha value is -3.99. The van der Waals surface area contributed by atoms with Gasteiger partial charge in [0.15, 0.2) is 0 Å². The van der Waals surface area contributed by atoms with Crippen LogP contribution in [0.5, 0.6) is 0 Å². The summed E-state index contributed by atoms with van der Waals surface area (Å²) in [5.74, 6) is -0.556. The van der Waals surface area contributed by atoms with Gasteiger partial charge in [-0.05, 0) is 23.8 Å². The highest BCUT2D eigenvalue weighted by molar-refractivity contribution is 5.95. The summed E-state index contributed by atoms with van der Waals surface area (Å²) in [4.78, 5) is 30.7. The van der Waals surface area contributed by atoms with Gasteiger partial charge in [-0.1, -0.05) is 12.1 Å². The van der Waals surface area contributed by atoms with Crippen LogP contribution in [-0.2, 0) is 17.5 Å². The van der Waals surface area contributed by atoms with Crippen molar-refractivity contribution in [1.82, 2.24) is 25.3 Å². The van der Waals surface area contributed by atoms with Crippen LogP contribution in [0.2, 0.25) is 0 Å². The quantitative estimate of drug-likeness (QED) is 0.449. The van der Waals surface area contributed by atoms with Gasteiger partial charge in [-0.2, -0.15) is 13.2 Å². The Labute approximate surface area is 198 Å². The zero-order valence-corrected chi connectivity index (χ0v) is 18.5. The highest BCUT2D eigenvalue weighted by Crippen LogP contribution is 2.30. The summed E-state index contributed by atoms with van der Waals surface area (Å²) in [5.41, 5.74) is 3.11. The lowest BCUT2D eigenvalue weighted by atomic mass is 10.1. The number of rotatable bonds is 5. The molecular weight excluding hydrogens is 461 g/mol. The number of nitrogens with zero attached hydrogens (tertiary/aromatic N) is 4. The maximum atomic E-state index is 12.7. The number of halogens is 3. The molecule has 0 unspecified atom stereocenters. The summed E-state index contributed by atoms with van der Waals surface area (Å²) < 4.78 is 43.5. The lowest BCUT2D eigenvalue weighted by Crippen LogP contribution is -2.36.